The summed E-state index contributed by atoms with van der Waals surface area (Å²) < 4.78 is 6.23. The summed E-state index contributed by atoms with van der Waals surface area (Å²) in [7, 11) is -1.01. The number of rotatable bonds is 11. The van der Waals surface area contributed by atoms with E-state index in [1.165, 1.54) is 16.0 Å². The van der Waals surface area contributed by atoms with Gasteiger partial charge in [0, 0.05) is 11.4 Å². The van der Waals surface area contributed by atoms with Crippen molar-refractivity contribution in [3.8, 4) is 5.75 Å². The van der Waals surface area contributed by atoms with E-state index in [1.54, 1.807) is 12.1 Å². The topological polar surface area (TPSA) is 99.1 Å². The monoisotopic (exact) mass is 652 g/mol. The number of hydrogen-bond donors (Lipinski definition) is 3. The van der Waals surface area contributed by atoms with Gasteiger partial charge < -0.3 is 20.1 Å². The van der Waals surface area contributed by atoms with Crippen LogP contribution in [0.5, 0.6) is 5.75 Å². The van der Waals surface area contributed by atoms with Crippen LogP contribution in [0, 0.1) is 17.8 Å². The maximum absolute atomic E-state index is 14.2. The molecular formula is C38H42BClN2O5. The van der Waals surface area contributed by atoms with Gasteiger partial charge in [0.25, 0.3) is 0 Å². The van der Waals surface area contributed by atoms with Crippen LogP contribution in [0.1, 0.15) is 64.4 Å². The Labute approximate surface area is 282 Å². The molecule has 2 saturated heterocycles. The Hall–Kier alpha value is -3.85. The smallest absolute Gasteiger partial charge is 0.455 e. The van der Waals surface area contributed by atoms with Crippen LogP contribution in [0.15, 0.2) is 89.5 Å². The SMILES string of the molecule is CCCC1=C2[C@@H](CC/C(=C/c3ccc(O)cc3Cl)CCC)OB(O)C[C@@H]2[C@@H]2C(=O)N(c3ccc(Nc4ccccc4)cc3)C(=O)[C@@H]2C1. The third-order valence-corrected chi connectivity index (χ3v) is 10.0. The van der Waals surface area contributed by atoms with E-state index in [-0.39, 0.29) is 29.6 Å². The highest BCUT2D eigenvalue weighted by molar-refractivity contribution is 6.43. The normalized spacial score (nSPS) is 22.9. The lowest BCUT2D eigenvalue weighted by molar-refractivity contribution is -0.122. The van der Waals surface area contributed by atoms with Crippen LogP contribution in [0.3, 0.4) is 0 Å². The zero-order valence-electron chi connectivity index (χ0n) is 27.0. The molecule has 2 amide bonds. The highest BCUT2D eigenvalue weighted by Gasteiger charge is 2.57. The van der Waals surface area contributed by atoms with Crippen molar-refractivity contribution in [1.29, 1.82) is 0 Å². The van der Waals surface area contributed by atoms with Gasteiger partial charge in [-0.3, -0.25) is 14.5 Å². The maximum Gasteiger partial charge on any atom is 0.455 e. The number of phenolic OH excluding ortho intramolecular Hbond substituents is 1. The second kappa shape index (κ2) is 14.5. The number of para-hydroxylation sites is 1. The molecule has 244 valence electrons. The van der Waals surface area contributed by atoms with Crippen molar-refractivity contribution < 1.29 is 24.4 Å². The number of carbonyl (C=O) groups is 2. The van der Waals surface area contributed by atoms with E-state index in [0.717, 1.165) is 54.6 Å². The molecule has 7 nitrogen and oxygen atoms in total. The number of carbonyl (C=O) groups excluding carboxylic acids is 2. The number of aromatic hydroxyl groups is 1. The van der Waals surface area contributed by atoms with Gasteiger partial charge in [0.2, 0.25) is 11.8 Å². The van der Waals surface area contributed by atoms with E-state index < -0.39 is 19.0 Å². The van der Waals surface area contributed by atoms with Gasteiger partial charge >= 0.3 is 7.12 Å². The van der Waals surface area contributed by atoms with Crippen molar-refractivity contribution in [3.05, 3.63) is 100 Å². The van der Waals surface area contributed by atoms with Gasteiger partial charge in [-0.1, -0.05) is 73.7 Å². The first-order chi connectivity index (χ1) is 22.8. The number of amides is 2. The lowest BCUT2D eigenvalue weighted by Crippen LogP contribution is -2.46. The van der Waals surface area contributed by atoms with Crippen LogP contribution in [0.25, 0.3) is 6.08 Å². The van der Waals surface area contributed by atoms with E-state index in [4.69, 9.17) is 16.3 Å². The Balaban J connectivity index is 1.25. The molecule has 6 rings (SSSR count). The number of benzene rings is 3. The Bertz CT molecular complexity index is 1680. The average Bonchev–Trinajstić information content (AvgIpc) is 3.30. The van der Waals surface area contributed by atoms with Crippen LogP contribution in [0.4, 0.5) is 17.1 Å². The van der Waals surface area contributed by atoms with Gasteiger partial charge in [0.05, 0.1) is 28.6 Å². The Kier molecular flexibility index (Phi) is 10.2. The minimum atomic E-state index is -1.01. The first kappa shape index (κ1) is 33.1. The Morgan fingerprint density at radius 3 is 2.43 bits per heavy atom. The van der Waals surface area contributed by atoms with Crippen LogP contribution >= 0.6 is 11.6 Å². The summed E-state index contributed by atoms with van der Waals surface area (Å²) in [6, 6.07) is 22.2. The Morgan fingerprint density at radius 2 is 1.72 bits per heavy atom. The van der Waals surface area contributed by atoms with Crippen LogP contribution in [-0.4, -0.2) is 35.2 Å². The van der Waals surface area contributed by atoms with Gasteiger partial charge in [0.15, 0.2) is 0 Å². The quantitative estimate of drug-likeness (QED) is 0.109. The highest BCUT2D eigenvalue weighted by Crippen LogP contribution is 2.52. The van der Waals surface area contributed by atoms with Crippen molar-refractivity contribution >= 4 is 53.7 Å². The van der Waals surface area contributed by atoms with Crippen molar-refractivity contribution in [2.75, 3.05) is 10.2 Å². The lowest BCUT2D eigenvalue weighted by Gasteiger charge is -2.43. The minimum Gasteiger partial charge on any atom is -0.508 e. The summed E-state index contributed by atoms with van der Waals surface area (Å²) in [4.78, 5) is 29.5. The van der Waals surface area contributed by atoms with Gasteiger partial charge in [0.1, 0.15) is 5.75 Å². The number of phenols is 1. The molecule has 0 spiro atoms. The molecule has 2 heterocycles. The summed E-state index contributed by atoms with van der Waals surface area (Å²) in [6.07, 6.45) is 7.53. The molecule has 0 unspecified atom stereocenters. The highest BCUT2D eigenvalue weighted by atomic mass is 35.5. The molecule has 9 heteroatoms. The largest absolute Gasteiger partial charge is 0.508 e. The number of hydrogen-bond acceptors (Lipinski definition) is 6. The first-order valence-electron chi connectivity index (χ1n) is 16.8. The van der Waals surface area contributed by atoms with Crippen LogP contribution in [-0.2, 0) is 14.2 Å². The Morgan fingerprint density at radius 1 is 0.979 bits per heavy atom. The van der Waals surface area contributed by atoms with Crippen molar-refractivity contribution in [3.63, 3.8) is 0 Å². The fourth-order valence-electron chi connectivity index (χ4n) is 7.70. The van der Waals surface area contributed by atoms with Gasteiger partial charge in [-0.25, -0.2) is 0 Å². The summed E-state index contributed by atoms with van der Waals surface area (Å²) in [5.74, 6) is -1.45. The summed E-state index contributed by atoms with van der Waals surface area (Å²) in [6.45, 7) is 4.26. The first-order valence-corrected chi connectivity index (χ1v) is 17.2. The van der Waals surface area contributed by atoms with E-state index in [0.29, 0.717) is 29.9 Å². The fraction of sp³-hybridized carbons (Fsp3) is 0.368. The molecule has 0 aromatic heterocycles. The van der Waals surface area contributed by atoms with E-state index in [1.807, 2.05) is 60.7 Å². The molecule has 3 N–H and O–H groups in total. The molecule has 47 heavy (non-hydrogen) atoms. The van der Waals surface area contributed by atoms with E-state index >= 15 is 0 Å². The molecule has 2 fully saturated rings. The van der Waals surface area contributed by atoms with Gasteiger partial charge in [-0.05, 0) is 110 Å². The van der Waals surface area contributed by atoms with Gasteiger partial charge in [-0.15, -0.1) is 0 Å². The molecule has 3 aliphatic rings. The number of halogens is 1. The molecule has 0 radical (unpaired) electrons. The summed E-state index contributed by atoms with van der Waals surface area (Å²) in [5, 5.41) is 24.6. The number of fused-ring (bicyclic) bond motifs is 3. The third kappa shape index (κ3) is 7.06. The standard InChI is InChI=1S/C38H42BClN2O5/c1-3-8-24(20-25-13-18-30(43)22-33(25)40)12-19-34-35-26(9-4-2)21-31-36(32(35)23-39(46)47-34)38(45)42(37(31)44)29-16-14-28(15-17-29)41-27-10-6-5-7-11-27/h5-7,10-11,13-18,20,22,31-32,34,36,41,43,46H,3-4,8-9,12,19,21,23H2,1-2H3/b24-20+/t31-,32+,34-,36-/m1/s1. The zero-order valence-corrected chi connectivity index (χ0v) is 27.7. The molecule has 1 aliphatic carbocycles. The summed E-state index contributed by atoms with van der Waals surface area (Å²) in [5.41, 5.74) is 6.75. The second-order valence-corrected chi connectivity index (χ2v) is 13.3. The molecular weight excluding hydrogens is 611 g/mol. The van der Waals surface area contributed by atoms with Crippen molar-refractivity contribution in [1.82, 2.24) is 0 Å². The number of anilines is 3. The maximum atomic E-state index is 14.2. The predicted molar refractivity (Wildman–Crippen MR) is 189 cm³/mol. The number of nitrogens with one attached hydrogen (secondary N) is 1. The molecule has 4 atom stereocenters. The fourth-order valence-corrected chi connectivity index (χ4v) is 7.93. The summed E-state index contributed by atoms with van der Waals surface area (Å²) >= 11 is 6.42. The number of nitrogens with zero attached hydrogens (tertiary/aromatic N) is 1. The molecule has 2 aliphatic heterocycles. The third-order valence-electron chi connectivity index (χ3n) is 9.69. The molecule has 0 bridgehead atoms. The zero-order chi connectivity index (χ0) is 33.1. The van der Waals surface area contributed by atoms with E-state index in [9.17, 15) is 19.7 Å². The van der Waals surface area contributed by atoms with E-state index in [2.05, 4.69) is 25.2 Å². The molecule has 3 aromatic rings. The lowest BCUT2D eigenvalue weighted by atomic mass is 9.58. The van der Waals surface area contributed by atoms with Crippen molar-refractivity contribution in [2.24, 2.45) is 17.8 Å². The van der Waals surface area contributed by atoms with Crippen molar-refractivity contribution in [2.45, 2.75) is 71.2 Å². The number of imide groups is 1. The second-order valence-electron chi connectivity index (χ2n) is 12.9. The van der Waals surface area contributed by atoms with Gasteiger partial charge in [-0.2, -0.15) is 0 Å². The van der Waals surface area contributed by atoms with Crippen LogP contribution in [0.2, 0.25) is 11.3 Å². The number of allylic oxidation sites excluding steroid dienone is 2. The minimum absolute atomic E-state index is 0.126. The predicted octanol–water partition coefficient (Wildman–Crippen LogP) is 8.55. The molecule has 0 saturated carbocycles. The van der Waals surface area contributed by atoms with Crippen LogP contribution < -0.4 is 10.2 Å². The average molecular weight is 653 g/mol. The molecule has 3 aromatic carbocycles.